The third kappa shape index (κ3) is 6.42. The van der Waals surface area contributed by atoms with Gasteiger partial charge in [-0.3, -0.25) is 0 Å². The second-order valence-electron chi connectivity index (χ2n) is 5.72. The Bertz CT molecular complexity index is 387. The molecule has 1 aromatic rings. The second-order valence-corrected chi connectivity index (χ2v) is 5.72. The van der Waals surface area contributed by atoms with E-state index in [0.717, 1.165) is 31.9 Å². The van der Waals surface area contributed by atoms with Crippen LogP contribution in [0.3, 0.4) is 0 Å². The minimum Gasteiger partial charge on any atom is -0.493 e. The number of hydrogen-bond donors (Lipinski definition) is 1. The van der Waals surface area contributed by atoms with E-state index in [2.05, 4.69) is 45.1 Å². The summed E-state index contributed by atoms with van der Waals surface area (Å²) in [5.74, 6) is 1.06. The van der Waals surface area contributed by atoms with Gasteiger partial charge in [0.15, 0.2) is 0 Å². The molecule has 0 amide bonds. The van der Waals surface area contributed by atoms with Gasteiger partial charge in [-0.05, 0) is 75.9 Å². The Morgan fingerprint density at radius 2 is 1.70 bits per heavy atom. The van der Waals surface area contributed by atoms with Gasteiger partial charge in [0.05, 0.1) is 6.61 Å². The monoisotopic (exact) mass is 277 g/mol. The van der Waals surface area contributed by atoms with E-state index in [1.54, 1.807) is 0 Å². The highest BCUT2D eigenvalue weighted by Crippen LogP contribution is 2.23. The Labute approximate surface area is 124 Å². The van der Waals surface area contributed by atoms with Gasteiger partial charge >= 0.3 is 0 Å². The molecule has 0 bridgehead atoms. The first-order chi connectivity index (χ1) is 9.65. The first-order valence-corrected chi connectivity index (χ1v) is 8.06. The average Bonchev–Trinajstić information content (AvgIpc) is 2.42. The molecular formula is C18H31NO. The normalized spacial score (nSPS) is 10.8. The summed E-state index contributed by atoms with van der Waals surface area (Å²) in [5, 5.41) is 3.44. The van der Waals surface area contributed by atoms with E-state index in [1.165, 1.54) is 42.4 Å². The lowest BCUT2D eigenvalue weighted by Gasteiger charge is -2.12. The van der Waals surface area contributed by atoms with Crippen molar-refractivity contribution in [1.29, 1.82) is 0 Å². The van der Waals surface area contributed by atoms with Crippen LogP contribution in [-0.4, -0.2) is 19.7 Å². The minimum absolute atomic E-state index is 0.839. The number of aryl methyl sites for hydroxylation is 2. The van der Waals surface area contributed by atoms with Crippen LogP contribution in [0.2, 0.25) is 0 Å². The van der Waals surface area contributed by atoms with Gasteiger partial charge in [0.2, 0.25) is 0 Å². The number of benzene rings is 1. The Morgan fingerprint density at radius 3 is 2.45 bits per heavy atom. The molecule has 0 fully saturated rings. The molecule has 0 radical (unpaired) electrons. The lowest BCUT2D eigenvalue weighted by Crippen LogP contribution is -2.15. The van der Waals surface area contributed by atoms with Crippen molar-refractivity contribution in [2.75, 3.05) is 19.7 Å². The van der Waals surface area contributed by atoms with Crippen LogP contribution in [0.4, 0.5) is 0 Å². The lowest BCUT2D eigenvalue weighted by molar-refractivity contribution is 0.302. The maximum atomic E-state index is 5.93. The van der Waals surface area contributed by atoms with Crippen LogP contribution in [0.25, 0.3) is 0 Å². The molecule has 0 aliphatic rings. The van der Waals surface area contributed by atoms with Crippen molar-refractivity contribution >= 4 is 0 Å². The molecule has 20 heavy (non-hydrogen) atoms. The van der Waals surface area contributed by atoms with Gasteiger partial charge in [-0.1, -0.05) is 25.8 Å². The standard InChI is InChI=1S/C18H31NO/c1-5-10-19-11-8-6-7-9-12-20-18-14-15(2)13-16(3)17(18)4/h13-14,19H,5-12H2,1-4H3. The zero-order chi connectivity index (χ0) is 14.8. The molecule has 1 N–H and O–H groups in total. The summed E-state index contributed by atoms with van der Waals surface area (Å²) in [6.45, 7) is 11.8. The Hall–Kier alpha value is -1.02. The number of rotatable bonds is 10. The SMILES string of the molecule is CCCNCCCCCCOc1cc(C)cc(C)c1C. The highest BCUT2D eigenvalue weighted by Gasteiger charge is 2.03. The first kappa shape index (κ1) is 17.0. The van der Waals surface area contributed by atoms with E-state index < -0.39 is 0 Å². The molecule has 0 spiro atoms. The lowest BCUT2D eigenvalue weighted by atomic mass is 10.1. The summed E-state index contributed by atoms with van der Waals surface area (Å²) in [4.78, 5) is 0. The van der Waals surface area contributed by atoms with E-state index in [-0.39, 0.29) is 0 Å². The number of unbranched alkanes of at least 4 members (excludes halogenated alkanes) is 3. The van der Waals surface area contributed by atoms with Crippen molar-refractivity contribution in [2.24, 2.45) is 0 Å². The van der Waals surface area contributed by atoms with Crippen molar-refractivity contribution < 1.29 is 4.74 Å². The molecule has 0 saturated heterocycles. The molecule has 114 valence electrons. The fraction of sp³-hybridized carbons (Fsp3) is 0.667. The molecule has 0 aromatic heterocycles. The van der Waals surface area contributed by atoms with Gasteiger partial charge in [-0.25, -0.2) is 0 Å². The van der Waals surface area contributed by atoms with E-state index in [9.17, 15) is 0 Å². The molecule has 0 unspecified atom stereocenters. The predicted molar refractivity (Wildman–Crippen MR) is 87.8 cm³/mol. The topological polar surface area (TPSA) is 21.3 Å². The van der Waals surface area contributed by atoms with Crippen molar-refractivity contribution in [2.45, 2.75) is 59.8 Å². The van der Waals surface area contributed by atoms with Crippen molar-refractivity contribution in [1.82, 2.24) is 5.32 Å². The zero-order valence-corrected chi connectivity index (χ0v) is 13.7. The third-order valence-corrected chi connectivity index (χ3v) is 3.70. The molecule has 0 atom stereocenters. The quantitative estimate of drug-likeness (QED) is 0.633. The average molecular weight is 277 g/mol. The molecular weight excluding hydrogens is 246 g/mol. The second kappa shape index (κ2) is 9.82. The largest absolute Gasteiger partial charge is 0.493 e. The summed E-state index contributed by atoms with van der Waals surface area (Å²) in [6.07, 6.45) is 6.22. The summed E-state index contributed by atoms with van der Waals surface area (Å²) in [7, 11) is 0. The van der Waals surface area contributed by atoms with Crippen LogP contribution in [-0.2, 0) is 0 Å². The van der Waals surface area contributed by atoms with E-state index >= 15 is 0 Å². The van der Waals surface area contributed by atoms with Gasteiger partial charge < -0.3 is 10.1 Å². The van der Waals surface area contributed by atoms with Crippen molar-refractivity contribution in [3.8, 4) is 5.75 Å². The molecule has 0 aliphatic heterocycles. The van der Waals surface area contributed by atoms with Gasteiger partial charge in [0.25, 0.3) is 0 Å². The van der Waals surface area contributed by atoms with Gasteiger partial charge in [-0.15, -0.1) is 0 Å². The van der Waals surface area contributed by atoms with E-state index in [4.69, 9.17) is 4.74 Å². The maximum absolute atomic E-state index is 5.93. The summed E-state index contributed by atoms with van der Waals surface area (Å²) < 4.78 is 5.93. The number of hydrogen-bond acceptors (Lipinski definition) is 2. The predicted octanol–water partition coefficient (Wildman–Crippen LogP) is 4.55. The molecule has 2 heteroatoms. The van der Waals surface area contributed by atoms with Crippen LogP contribution >= 0.6 is 0 Å². The van der Waals surface area contributed by atoms with E-state index in [1.807, 2.05) is 0 Å². The molecule has 1 aromatic carbocycles. The summed E-state index contributed by atoms with van der Waals surface area (Å²) in [5.41, 5.74) is 3.88. The zero-order valence-electron chi connectivity index (χ0n) is 13.7. The number of ether oxygens (including phenoxy) is 1. The molecule has 0 aliphatic carbocycles. The van der Waals surface area contributed by atoms with Crippen LogP contribution in [0, 0.1) is 20.8 Å². The molecule has 2 nitrogen and oxygen atoms in total. The van der Waals surface area contributed by atoms with Crippen LogP contribution in [0.15, 0.2) is 12.1 Å². The Morgan fingerprint density at radius 1 is 0.950 bits per heavy atom. The number of nitrogens with one attached hydrogen (secondary N) is 1. The van der Waals surface area contributed by atoms with Gasteiger partial charge in [-0.2, -0.15) is 0 Å². The Kier molecular flexibility index (Phi) is 8.36. The molecule has 1 rings (SSSR count). The molecule has 0 saturated carbocycles. The third-order valence-electron chi connectivity index (χ3n) is 3.70. The van der Waals surface area contributed by atoms with Crippen LogP contribution in [0.5, 0.6) is 5.75 Å². The maximum Gasteiger partial charge on any atom is 0.122 e. The smallest absolute Gasteiger partial charge is 0.122 e. The van der Waals surface area contributed by atoms with Gasteiger partial charge in [0.1, 0.15) is 5.75 Å². The van der Waals surface area contributed by atoms with Gasteiger partial charge in [0, 0.05) is 0 Å². The first-order valence-electron chi connectivity index (χ1n) is 8.06. The fourth-order valence-electron chi connectivity index (χ4n) is 2.34. The van der Waals surface area contributed by atoms with Crippen molar-refractivity contribution in [3.05, 3.63) is 28.8 Å². The van der Waals surface area contributed by atoms with Crippen LogP contribution in [0.1, 0.15) is 55.7 Å². The highest BCUT2D eigenvalue weighted by molar-refractivity contribution is 5.41. The Balaban J connectivity index is 2.13. The van der Waals surface area contributed by atoms with Crippen molar-refractivity contribution in [3.63, 3.8) is 0 Å². The summed E-state index contributed by atoms with van der Waals surface area (Å²) >= 11 is 0. The van der Waals surface area contributed by atoms with E-state index in [0.29, 0.717) is 0 Å². The highest BCUT2D eigenvalue weighted by atomic mass is 16.5. The fourth-order valence-corrected chi connectivity index (χ4v) is 2.34. The molecule has 0 heterocycles. The van der Waals surface area contributed by atoms with Crippen LogP contribution < -0.4 is 10.1 Å². The summed E-state index contributed by atoms with van der Waals surface area (Å²) in [6, 6.07) is 4.36. The minimum atomic E-state index is 0.839.